The van der Waals surface area contributed by atoms with E-state index in [1.807, 2.05) is 13.8 Å². The highest BCUT2D eigenvalue weighted by Gasteiger charge is 1.92. The van der Waals surface area contributed by atoms with Crippen LogP contribution in [0.2, 0.25) is 0 Å². The molecule has 0 aliphatic heterocycles. The third kappa shape index (κ3) is 93.2. The van der Waals surface area contributed by atoms with Gasteiger partial charge in [-0.2, -0.15) is 0 Å². The number of halogens is 2. The normalized spacial score (nSPS) is 10.2. The van der Waals surface area contributed by atoms with Crippen LogP contribution in [0.25, 0.3) is 0 Å². The molecule has 0 spiro atoms. The van der Waals surface area contributed by atoms with Gasteiger partial charge in [-0.3, -0.25) is 8.78 Å². The van der Waals surface area contributed by atoms with E-state index in [2.05, 4.69) is 76.2 Å². The molecule has 0 saturated carbocycles. The van der Waals surface area contributed by atoms with Crippen molar-refractivity contribution in [2.75, 3.05) is 39.8 Å². The smallest absolute Gasteiger partial charge is 0.0896 e. The second-order valence-corrected chi connectivity index (χ2v) is 11.5. The van der Waals surface area contributed by atoms with Crippen molar-refractivity contribution in [2.45, 2.75) is 167 Å². The van der Waals surface area contributed by atoms with E-state index in [1.165, 1.54) is 32.1 Å². The van der Waals surface area contributed by atoms with Gasteiger partial charge in [-0.15, -0.1) is 0 Å². The van der Waals surface area contributed by atoms with Crippen LogP contribution in [0.5, 0.6) is 0 Å². The highest BCUT2D eigenvalue weighted by molar-refractivity contribution is 4.43. The molecule has 39 heavy (non-hydrogen) atoms. The van der Waals surface area contributed by atoms with Gasteiger partial charge in [-0.1, -0.05) is 89.0 Å². The van der Waals surface area contributed by atoms with E-state index in [0.29, 0.717) is 36.4 Å². The largest absolute Gasteiger partial charge is 0.381 e. The van der Waals surface area contributed by atoms with Crippen molar-refractivity contribution < 1.29 is 23.0 Å². The third-order valence-corrected chi connectivity index (χ3v) is 4.55. The molecule has 0 bridgehead atoms. The lowest BCUT2D eigenvalue weighted by Gasteiger charge is -2.05. The summed E-state index contributed by atoms with van der Waals surface area (Å²) in [6, 6.07) is 0. The molecule has 0 heterocycles. The maximum absolute atomic E-state index is 11.4. The molecule has 246 valence electrons. The summed E-state index contributed by atoms with van der Waals surface area (Å²) in [7, 11) is 0. The fraction of sp³-hybridized carbons (Fsp3) is 1.00. The van der Waals surface area contributed by atoms with Crippen molar-refractivity contribution in [1.82, 2.24) is 0 Å². The van der Waals surface area contributed by atoms with Crippen molar-refractivity contribution in [3.63, 3.8) is 0 Å². The molecule has 0 aliphatic rings. The van der Waals surface area contributed by atoms with Gasteiger partial charge >= 0.3 is 0 Å². The summed E-state index contributed by atoms with van der Waals surface area (Å²) in [6.45, 7) is 30.7. The molecular weight excluding hydrogens is 492 g/mol. The maximum atomic E-state index is 11.4. The van der Waals surface area contributed by atoms with Gasteiger partial charge in [-0.05, 0) is 84.0 Å². The van der Waals surface area contributed by atoms with Gasteiger partial charge in [0.05, 0.1) is 25.6 Å². The van der Waals surface area contributed by atoms with Crippen molar-refractivity contribution in [1.29, 1.82) is 0 Å². The van der Waals surface area contributed by atoms with E-state index < -0.39 is 0 Å². The zero-order chi connectivity index (χ0) is 30.6. The Morgan fingerprint density at radius 3 is 1.21 bits per heavy atom. The van der Waals surface area contributed by atoms with Crippen LogP contribution >= 0.6 is 0 Å². The fourth-order valence-electron chi connectivity index (χ4n) is 2.30. The molecular formula is C34H78F2O3. The summed E-state index contributed by atoms with van der Waals surface area (Å²) in [5.74, 6) is 1.87. The highest BCUT2D eigenvalue weighted by Crippen LogP contribution is 2.02. The summed E-state index contributed by atoms with van der Waals surface area (Å²) < 4.78 is 38.5. The molecule has 0 amide bonds. The number of alkyl halides is 2. The van der Waals surface area contributed by atoms with Crippen LogP contribution in [0.4, 0.5) is 8.78 Å². The van der Waals surface area contributed by atoms with Crippen LogP contribution in [-0.2, 0) is 14.2 Å². The highest BCUT2D eigenvalue weighted by atomic mass is 18.2. The lowest BCUT2D eigenvalue weighted by molar-refractivity contribution is 0.0759. The Morgan fingerprint density at radius 1 is 0.487 bits per heavy atom. The molecule has 0 atom stereocenters. The zero-order valence-corrected chi connectivity index (χ0v) is 28.5. The van der Waals surface area contributed by atoms with Gasteiger partial charge in [0.2, 0.25) is 0 Å². The lowest BCUT2D eigenvalue weighted by Crippen LogP contribution is -2.03. The molecule has 0 N–H and O–H groups in total. The fourth-order valence-corrected chi connectivity index (χ4v) is 2.30. The van der Waals surface area contributed by atoms with Crippen LogP contribution in [-0.4, -0.2) is 52.0 Å². The number of hydrogen-bond acceptors (Lipinski definition) is 3. The Morgan fingerprint density at radius 2 is 0.949 bits per heavy atom. The SMILES string of the molecule is C.CC(C)CCC[18F].CC(C)CC[18F].CCCCCOC(C)C.CCCCOC(C)C.CCCOCC(C)C. The van der Waals surface area contributed by atoms with Crippen molar-refractivity contribution in [3.05, 3.63) is 0 Å². The number of unbranched alkanes of at least 4 members (excludes halogenated alkanes) is 3. The molecule has 0 aromatic rings. The summed E-state index contributed by atoms with van der Waals surface area (Å²) >= 11 is 0. The van der Waals surface area contributed by atoms with Crippen LogP contribution < -0.4 is 0 Å². The first-order chi connectivity index (χ1) is 17.9. The van der Waals surface area contributed by atoms with E-state index in [0.717, 1.165) is 45.7 Å². The van der Waals surface area contributed by atoms with Crippen molar-refractivity contribution in [3.8, 4) is 0 Å². The molecule has 0 fully saturated rings. The van der Waals surface area contributed by atoms with Gasteiger partial charge in [0.1, 0.15) is 0 Å². The van der Waals surface area contributed by atoms with E-state index in [-0.39, 0.29) is 20.8 Å². The van der Waals surface area contributed by atoms with Crippen LogP contribution in [0.15, 0.2) is 0 Å². The Labute approximate surface area is 247 Å². The first-order valence-corrected chi connectivity index (χ1v) is 15.8. The van der Waals surface area contributed by atoms with Gasteiger partial charge in [0.15, 0.2) is 0 Å². The maximum Gasteiger partial charge on any atom is 0.0896 e. The Kier molecular flexibility index (Phi) is 62.7. The Hall–Kier alpha value is -0.260. The van der Waals surface area contributed by atoms with Crippen molar-refractivity contribution in [2.24, 2.45) is 17.8 Å². The minimum atomic E-state index is -0.169. The molecule has 0 radical (unpaired) electrons. The molecule has 0 unspecified atom stereocenters. The average Bonchev–Trinajstić information content (AvgIpc) is 2.82. The molecule has 5 heteroatoms. The second-order valence-electron chi connectivity index (χ2n) is 11.5. The number of ether oxygens (including phenoxy) is 3. The molecule has 0 saturated heterocycles. The van der Waals surface area contributed by atoms with Crippen LogP contribution in [0, 0.1) is 17.8 Å². The predicted molar refractivity (Wildman–Crippen MR) is 175 cm³/mol. The summed E-state index contributed by atoms with van der Waals surface area (Å²) in [6.07, 6.45) is 10.6. The van der Waals surface area contributed by atoms with Crippen molar-refractivity contribution >= 4 is 0 Å². The quantitative estimate of drug-likeness (QED) is 0.153. The monoisotopic (exact) mass is 571 g/mol. The molecule has 0 aromatic carbocycles. The summed E-state index contributed by atoms with van der Waals surface area (Å²) in [4.78, 5) is 0. The molecule has 0 rings (SSSR count). The van der Waals surface area contributed by atoms with Gasteiger partial charge in [0, 0.05) is 26.4 Å². The minimum absolute atomic E-state index is 0. The number of hydrogen-bond donors (Lipinski definition) is 0. The zero-order valence-electron chi connectivity index (χ0n) is 28.5. The van der Waals surface area contributed by atoms with E-state index in [1.54, 1.807) is 0 Å². The first kappa shape index (κ1) is 51.5. The minimum Gasteiger partial charge on any atom is -0.381 e. The Bertz CT molecular complexity index is 335. The summed E-state index contributed by atoms with van der Waals surface area (Å²) in [5, 5.41) is 0. The standard InChI is InChI=1S/C8H18O.2C7H16O.C6H13F.C5H11F.CH4/c1-4-5-6-7-9-8(2)3;1-4-5-8-6-7(2)3;1-4-5-6-8-7(2)3;1-6(2)4-3-5-7;1-5(2)3-4-6;/h8H,4-7H2,1-3H3;2*7H,4-6H2,1-3H3;6H,3-5H2,1-2H3;5H,3-4H2,1-2H3;1H4/i;;;7-1;6-1;. The molecule has 0 aromatic heterocycles. The Balaban J connectivity index is -0.0000000872. The third-order valence-electron chi connectivity index (χ3n) is 4.55. The molecule has 3 nitrogen and oxygen atoms in total. The van der Waals surface area contributed by atoms with Gasteiger partial charge in [-0.25, -0.2) is 0 Å². The van der Waals surface area contributed by atoms with E-state index in [9.17, 15) is 8.78 Å². The first-order valence-electron chi connectivity index (χ1n) is 15.8. The molecule has 0 aliphatic carbocycles. The summed E-state index contributed by atoms with van der Waals surface area (Å²) in [5.41, 5.74) is 0. The van der Waals surface area contributed by atoms with Gasteiger partial charge in [0.25, 0.3) is 0 Å². The lowest BCUT2D eigenvalue weighted by atomic mass is 10.1. The van der Waals surface area contributed by atoms with E-state index >= 15 is 0 Å². The van der Waals surface area contributed by atoms with E-state index in [4.69, 9.17) is 14.2 Å². The van der Waals surface area contributed by atoms with Gasteiger partial charge < -0.3 is 14.2 Å². The van der Waals surface area contributed by atoms with Crippen LogP contribution in [0.1, 0.15) is 155 Å². The average molecular weight is 571 g/mol. The number of rotatable bonds is 18. The van der Waals surface area contributed by atoms with Crippen LogP contribution in [0.3, 0.4) is 0 Å². The second kappa shape index (κ2) is 47.5. The predicted octanol–water partition coefficient (Wildman–Crippen LogP) is 11.9. The topological polar surface area (TPSA) is 27.7 Å².